The maximum absolute atomic E-state index is 12.3. The topological polar surface area (TPSA) is 38.8 Å². The Labute approximate surface area is 168 Å². The number of benzene rings is 1. The van der Waals surface area contributed by atoms with Gasteiger partial charge in [-0.25, -0.2) is 0 Å². The summed E-state index contributed by atoms with van der Waals surface area (Å²) >= 11 is 0. The second kappa shape index (κ2) is 8.00. The lowest BCUT2D eigenvalue weighted by molar-refractivity contribution is -0.273. The van der Waals surface area contributed by atoms with E-state index in [1.165, 1.54) is 18.4 Å². The van der Waals surface area contributed by atoms with E-state index in [1.54, 1.807) is 0 Å². The Morgan fingerprint density at radius 1 is 1.21 bits per heavy atom. The van der Waals surface area contributed by atoms with Crippen molar-refractivity contribution in [3.63, 3.8) is 0 Å². The van der Waals surface area contributed by atoms with Gasteiger partial charge in [-0.2, -0.15) is 0 Å². The first-order chi connectivity index (χ1) is 13.4. The SMILES string of the molecule is C[C@@H]1CC[C@@H]2[C@@H](C1)O[C@H]1[C@H](/C=C\CCc3ccccc3)OC(=O)CN1C2(C)C. The van der Waals surface area contributed by atoms with Crippen molar-refractivity contribution in [1.29, 1.82) is 0 Å². The molecule has 4 rings (SSSR count). The minimum Gasteiger partial charge on any atom is -0.453 e. The maximum Gasteiger partial charge on any atom is 0.320 e. The number of cyclic esters (lactones) is 1. The molecule has 0 amide bonds. The van der Waals surface area contributed by atoms with E-state index in [0.717, 1.165) is 19.3 Å². The summed E-state index contributed by atoms with van der Waals surface area (Å²) in [5, 5.41) is 0. The summed E-state index contributed by atoms with van der Waals surface area (Å²) in [4.78, 5) is 14.6. The van der Waals surface area contributed by atoms with Gasteiger partial charge in [-0.05, 0) is 57.1 Å². The number of esters is 1. The number of carbonyl (C=O) groups excluding carboxylic acids is 1. The number of carbonyl (C=O) groups is 1. The molecule has 4 nitrogen and oxygen atoms in total. The highest BCUT2D eigenvalue weighted by Gasteiger charge is 2.54. The molecule has 0 unspecified atom stereocenters. The monoisotopic (exact) mass is 383 g/mol. The number of morpholine rings is 1. The van der Waals surface area contributed by atoms with Crippen LogP contribution in [0.1, 0.15) is 52.0 Å². The van der Waals surface area contributed by atoms with E-state index < -0.39 is 0 Å². The molecule has 0 radical (unpaired) electrons. The molecule has 2 heterocycles. The quantitative estimate of drug-likeness (QED) is 0.573. The number of fused-ring (bicyclic) bond motifs is 2. The minimum atomic E-state index is -0.325. The van der Waals surface area contributed by atoms with Crippen LogP contribution in [-0.4, -0.2) is 41.4 Å². The number of ether oxygens (including phenoxy) is 2. The van der Waals surface area contributed by atoms with Gasteiger partial charge in [0, 0.05) is 11.5 Å². The van der Waals surface area contributed by atoms with Gasteiger partial charge in [0.25, 0.3) is 0 Å². The van der Waals surface area contributed by atoms with Crippen molar-refractivity contribution in [2.24, 2.45) is 11.8 Å². The van der Waals surface area contributed by atoms with Crippen LogP contribution in [0.3, 0.4) is 0 Å². The van der Waals surface area contributed by atoms with Gasteiger partial charge in [0.2, 0.25) is 0 Å². The van der Waals surface area contributed by atoms with E-state index in [4.69, 9.17) is 9.47 Å². The van der Waals surface area contributed by atoms with Gasteiger partial charge in [-0.3, -0.25) is 9.69 Å². The molecule has 1 aromatic carbocycles. The molecular formula is C24H33NO3. The largest absolute Gasteiger partial charge is 0.453 e. The molecule has 28 heavy (non-hydrogen) atoms. The van der Waals surface area contributed by atoms with Crippen LogP contribution < -0.4 is 0 Å². The summed E-state index contributed by atoms with van der Waals surface area (Å²) in [6.07, 6.45) is 9.39. The predicted octanol–water partition coefficient (Wildman–Crippen LogP) is 4.34. The number of allylic oxidation sites excluding steroid dienone is 1. The predicted molar refractivity (Wildman–Crippen MR) is 110 cm³/mol. The fourth-order valence-corrected chi connectivity index (χ4v) is 5.27. The molecule has 1 aliphatic carbocycles. The van der Waals surface area contributed by atoms with Gasteiger partial charge < -0.3 is 9.47 Å². The molecule has 3 aliphatic rings. The van der Waals surface area contributed by atoms with E-state index in [2.05, 4.69) is 56.0 Å². The molecule has 1 saturated carbocycles. The average molecular weight is 384 g/mol. The second-order valence-corrected chi connectivity index (χ2v) is 9.28. The van der Waals surface area contributed by atoms with Crippen LogP contribution in [0.2, 0.25) is 0 Å². The Morgan fingerprint density at radius 3 is 2.79 bits per heavy atom. The molecule has 1 aromatic rings. The van der Waals surface area contributed by atoms with E-state index in [-0.39, 0.29) is 29.9 Å². The van der Waals surface area contributed by atoms with Gasteiger partial charge in [-0.15, -0.1) is 0 Å². The van der Waals surface area contributed by atoms with Crippen LogP contribution in [0.4, 0.5) is 0 Å². The molecule has 3 fully saturated rings. The van der Waals surface area contributed by atoms with Crippen LogP contribution in [0, 0.1) is 11.8 Å². The van der Waals surface area contributed by atoms with Crippen molar-refractivity contribution >= 4 is 5.97 Å². The van der Waals surface area contributed by atoms with E-state index in [0.29, 0.717) is 18.4 Å². The molecular weight excluding hydrogens is 350 g/mol. The number of rotatable bonds is 4. The van der Waals surface area contributed by atoms with Crippen LogP contribution in [0.5, 0.6) is 0 Å². The van der Waals surface area contributed by atoms with E-state index >= 15 is 0 Å². The Kier molecular flexibility index (Phi) is 5.62. The van der Waals surface area contributed by atoms with Crippen molar-refractivity contribution in [2.75, 3.05) is 6.54 Å². The summed E-state index contributed by atoms with van der Waals surface area (Å²) in [6.45, 7) is 7.21. The molecule has 2 saturated heterocycles. The number of aryl methyl sites for hydroxylation is 1. The van der Waals surface area contributed by atoms with Crippen molar-refractivity contribution in [3.05, 3.63) is 48.0 Å². The third kappa shape index (κ3) is 3.90. The van der Waals surface area contributed by atoms with Gasteiger partial charge in [-0.1, -0.05) is 49.8 Å². The Morgan fingerprint density at radius 2 is 2.00 bits per heavy atom. The Balaban J connectivity index is 1.47. The molecule has 0 spiro atoms. The Bertz CT molecular complexity index is 714. The Hall–Kier alpha value is -1.65. The molecule has 2 aliphatic heterocycles. The second-order valence-electron chi connectivity index (χ2n) is 9.28. The minimum absolute atomic E-state index is 0.0523. The smallest absolute Gasteiger partial charge is 0.320 e. The molecule has 4 heteroatoms. The van der Waals surface area contributed by atoms with E-state index in [1.807, 2.05) is 12.1 Å². The summed E-state index contributed by atoms with van der Waals surface area (Å²) < 4.78 is 12.3. The van der Waals surface area contributed by atoms with E-state index in [9.17, 15) is 4.79 Å². The van der Waals surface area contributed by atoms with Crippen LogP contribution in [-0.2, 0) is 20.7 Å². The first-order valence-corrected chi connectivity index (χ1v) is 10.8. The van der Waals surface area contributed by atoms with Gasteiger partial charge in [0.15, 0.2) is 12.3 Å². The van der Waals surface area contributed by atoms with Crippen LogP contribution in [0.15, 0.2) is 42.5 Å². The summed E-state index contributed by atoms with van der Waals surface area (Å²) in [5.74, 6) is 1.04. The van der Waals surface area contributed by atoms with Crippen molar-refractivity contribution in [2.45, 2.75) is 76.9 Å². The molecule has 0 aromatic heterocycles. The third-order valence-electron chi connectivity index (χ3n) is 6.94. The van der Waals surface area contributed by atoms with Crippen molar-refractivity contribution < 1.29 is 14.3 Å². The molecule has 5 atom stereocenters. The van der Waals surface area contributed by atoms with Crippen LogP contribution >= 0.6 is 0 Å². The van der Waals surface area contributed by atoms with Gasteiger partial charge >= 0.3 is 5.97 Å². The fraction of sp³-hybridized carbons (Fsp3) is 0.625. The molecule has 0 N–H and O–H groups in total. The zero-order chi connectivity index (χ0) is 19.7. The van der Waals surface area contributed by atoms with Crippen molar-refractivity contribution in [1.82, 2.24) is 4.90 Å². The normalized spacial score (nSPS) is 35.2. The highest BCUT2D eigenvalue weighted by Crippen LogP contribution is 2.46. The molecule has 0 bridgehead atoms. The average Bonchev–Trinajstić information content (AvgIpc) is 2.66. The molecule has 152 valence electrons. The number of hydrogen-bond acceptors (Lipinski definition) is 4. The lowest BCUT2D eigenvalue weighted by Gasteiger charge is -2.59. The third-order valence-corrected chi connectivity index (χ3v) is 6.94. The summed E-state index contributed by atoms with van der Waals surface area (Å²) in [6, 6.07) is 10.5. The fourth-order valence-electron chi connectivity index (χ4n) is 5.27. The summed E-state index contributed by atoms with van der Waals surface area (Å²) in [7, 11) is 0. The maximum atomic E-state index is 12.3. The standard InChI is InChI=1S/C24H33NO3/c1-17-13-14-19-21(15-17)28-23-20(27-22(26)16-25(23)24(19,2)3)12-8-7-11-18-9-5-4-6-10-18/h4-6,8-10,12,17,19-21,23H,7,11,13-16H2,1-3H3/b12-8-/t17-,19-,20+,21-,23+/m1/s1. The summed E-state index contributed by atoms with van der Waals surface area (Å²) in [5.41, 5.74) is 1.27. The highest BCUT2D eigenvalue weighted by molar-refractivity contribution is 5.73. The number of hydrogen-bond donors (Lipinski definition) is 0. The first-order valence-electron chi connectivity index (χ1n) is 10.8. The number of nitrogens with zero attached hydrogens (tertiary/aromatic N) is 1. The van der Waals surface area contributed by atoms with Gasteiger partial charge in [0.05, 0.1) is 12.6 Å². The van der Waals surface area contributed by atoms with Crippen LogP contribution in [0.25, 0.3) is 0 Å². The lowest BCUT2D eigenvalue weighted by atomic mass is 9.69. The first kappa shape index (κ1) is 19.7. The highest BCUT2D eigenvalue weighted by atomic mass is 16.6. The lowest BCUT2D eigenvalue weighted by Crippen LogP contribution is -2.70. The van der Waals surface area contributed by atoms with Gasteiger partial charge in [0.1, 0.15) is 0 Å². The zero-order valence-electron chi connectivity index (χ0n) is 17.3. The van der Waals surface area contributed by atoms with Crippen molar-refractivity contribution in [3.8, 4) is 0 Å². The zero-order valence-corrected chi connectivity index (χ0v) is 17.3.